The summed E-state index contributed by atoms with van der Waals surface area (Å²) in [4.78, 5) is 0.537. The van der Waals surface area contributed by atoms with Crippen molar-refractivity contribution in [2.75, 3.05) is 18.8 Å². The first-order valence-electron chi connectivity index (χ1n) is 6.17. The van der Waals surface area contributed by atoms with Gasteiger partial charge < -0.3 is 5.32 Å². The average molecular weight is 253 g/mol. The second-order valence-corrected chi connectivity index (χ2v) is 6.62. The zero-order valence-corrected chi connectivity index (χ0v) is 11.0. The molecule has 2 rings (SSSR count). The summed E-state index contributed by atoms with van der Waals surface area (Å²) in [5.41, 5.74) is 0.988. The molecule has 0 bridgehead atoms. The molecule has 0 saturated carbocycles. The van der Waals surface area contributed by atoms with Crippen LogP contribution in [0.5, 0.6) is 0 Å². The standard InChI is InChI=1S/C13H19NO2S/c1-2-8-14-10-11-7-9-17(15,16)13-6-4-3-5-12(11)13/h3-6,11,14H,2,7-10H2,1H3. The maximum absolute atomic E-state index is 11.9. The number of fused-ring (bicyclic) bond motifs is 1. The van der Waals surface area contributed by atoms with Gasteiger partial charge in [-0.05, 0) is 36.9 Å². The molecule has 0 saturated heterocycles. The first-order valence-corrected chi connectivity index (χ1v) is 7.83. The van der Waals surface area contributed by atoms with E-state index in [1.54, 1.807) is 12.1 Å². The average Bonchev–Trinajstić information content (AvgIpc) is 2.33. The Kier molecular flexibility index (Phi) is 3.84. The third-order valence-electron chi connectivity index (χ3n) is 3.25. The van der Waals surface area contributed by atoms with Crippen LogP contribution in [0.15, 0.2) is 29.2 Å². The van der Waals surface area contributed by atoms with Gasteiger partial charge in [0.05, 0.1) is 10.6 Å². The highest BCUT2D eigenvalue weighted by atomic mass is 32.2. The quantitative estimate of drug-likeness (QED) is 0.834. The summed E-state index contributed by atoms with van der Waals surface area (Å²) in [6, 6.07) is 7.41. The van der Waals surface area contributed by atoms with E-state index in [2.05, 4.69) is 12.2 Å². The fraction of sp³-hybridized carbons (Fsp3) is 0.538. The molecular formula is C13H19NO2S. The number of benzene rings is 1. The van der Waals surface area contributed by atoms with Crippen LogP contribution in [0.1, 0.15) is 31.2 Å². The SMILES string of the molecule is CCCNCC1CCS(=O)(=O)c2ccccc21. The Morgan fingerprint density at radius 3 is 2.88 bits per heavy atom. The molecule has 0 spiro atoms. The van der Waals surface area contributed by atoms with Crippen LogP contribution >= 0.6 is 0 Å². The minimum atomic E-state index is -3.03. The summed E-state index contributed by atoms with van der Waals surface area (Å²) in [6.45, 7) is 4.00. The van der Waals surface area contributed by atoms with E-state index in [0.29, 0.717) is 10.8 Å². The molecule has 94 valence electrons. The van der Waals surface area contributed by atoms with Gasteiger partial charge in [0.1, 0.15) is 0 Å². The zero-order chi connectivity index (χ0) is 12.3. The molecule has 1 heterocycles. The van der Waals surface area contributed by atoms with Gasteiger partial charge in [0.15, 0.2) is 9.84 Å². The monoisotopic (exact) mass is 253 g/mol. The van der Waals surface area contributed by atoms with Crippen LogP contribution < -0.4 is 5.32 Å². The van der Waals surface area contributed by atoms with Crippen LogP contribution in [0.3, 0.4) is 0 Å². The van der Waals surface area contributed by atoms with E-state index in [9.17, 15) is 8.42 Å². The van der Waals surface area contributed by atoms with E-state index >= 15 is 0 Å². The van der Waals surface area contributed by atoms with Crippen LogP contribution in [0.25, 0.3) is 0 Å². The molecule has 1 aromatic rings. The Bertz CT molecular complexity index is 482. The van der Waals surface area contributed by atoms with Crippen LogP contribution in [-0.4, -0.2) is 27.3 Å². The van der Waals surface area contributed by atoms with Crippen molar-refractivity contribution in [3.63, 3.8) is 0 Å². The van der Waals surface area contributed by atoms with E-state index in [4.69, 9.17) is 0 Å². The maximum Gasteiger partial charge on any atom is 0.178 e. The molecule has 0 aromatic heterocycles. The molecule has 1 aromatic carbocycles. The summed E-state index contributed by atoms with van der Waals surface area (Å²) < 4.78 is 23.9. The summed E-state index contributed by atoms with van der Waals surface area (Å²) in [5.74, 6) is 0.615. The first kappa shape index (κ1) is 12.6. The van der Waals surface area contributed by atoms with Gasteiger partial charge in [-0.2, -0.15) is 0 Å². The van der Waals surface area contributed by atoms with Gasteiger partial charge in [0, 0.05) is 6.54 Å². The van der Waals surface area contributed by atoms with Crippen LogP contribution in [0.4, 0.5) is 0 Å². The molecular weight excluding hydrogens is 234 g/mol. The molecule has 17 heavy (non-hydrogen) atoms. The number of sulfone groups is 1. The molecule has 4 heteroatoms. The number of nitrogens with one attached hydrogen (secondary N) is 1. The Labute approximate surface area is 103 Å². The minimum Gasteiger partial charge on any atom is -0.316 e. The minimum absolute atomic E-state index is 0.280. The second-order valence-electron chi connectivity index (χ2n) is 4.55. The lowest BCUT2D eigenvalue weighted by molar-refractivity contribution is 0.532. The first-order chi connectivity index (χ1) is 8.15. The molecule has 1 atom stereocenters. The number of hydrogen-bond donors (Lipinski definition) is 1. The van der Waals surface area contributed by atoms with E-state index in [1.165, 1.54) is 0 Å². The molecule has 0 amide bonds. The third-order valence-corrected chi connectivity index (χ3v) is 5.06. The van der Waals surface area contributed by atoms with E-state index < -0.39 is 9.84 Å². The zero-order valence-electron chi connectivity index (χ0n) is 10.1. The van der Waals surface area contributed by atoms with Crippen molar-refractivity contribution in [3.05, 3.63) is 29.8 Å². The van der Waals surface area contributed by atoms with Gasteiger partial charge >= 0.3 is 0 Å². The van der Waals surface area contributed by atoms with Crippen molar-refractivity contribution in [3.8, 4) is 0 Å². The lowest BCUT2D eigenvalue weighted by Gasteiger charge is -2.25. The Balaban J connectivity index is 2.23. The normalized spacial score (nSPS) is 22.1. The second kappa shape index (κ2) is 5.19. The fourth-order valence-corrected chi connectivity index (χ4v) is 4.02. The van der Waals surface area contributed by atoms with Gasteiger partial charge in [-0.1, -0.05) is 25.1 Å². The smallest absolute Gasteiger partial charge is 0.178 e. The van der Waals surface area contributed by atoms with Gasteiger partial charge in [-0.15, -0.1) is 0 Å². The molecule has 1 N–H and O–H groups in total. The number of hydrogen-bond acceptors (Lipinski definition) is 3. The highest BCUT2D eigenvalue weighted by Gasteiger charge is 2.29. The van der Waals surface area contributed by atoms with E-state index in [-0.39, 0.29) is 5.75 Å². The molecule has 0 radical (unpaired) electrons. The molecule has 0 aliphatic carbocycles. The largest absolute Gasteiger partial charge is 0.316 e. The lowest BCUT2D eigenvalue weighted by atomic mass is 9.96. The number of rotatable bonds is 4. The Morgan fingerprint density at radius 1 is 1.35 bits per heavy atom. The summed E-state index contributed by atoms with van der Waals surface area (Å²) in [7, 11) is -3.03. The molecule has 1 aliphatic heterocycles. The highest BCUT2D eigenvalue weighted by molar-refractivity contribution is 7.91. The molecule has 1 unspecified atom stereocenters. The summed E-state index contributed by atoms with van der Waals surface area (Å²) in [6.07, 6.45) is 1.84. The molecule has 0 fully saturated rings. The van der Waals surface area contributed by atoms with Crippen molar-refractivity contribution in [1.29, 1.82) is 0 Å². The molecule has 1 aliphatic rings. The maximum atomic E-state index is 11.9. The highest BCUT2D eigenvalue weighted by Crippen LogP contribution is 2.32. The Morgan fingerprint density at radius 2 is 2.12 bits per heavy atom. The van der Waals surface area contributed by atoms with E-state index in [0.717, 1.165) is 31.5 Å². The van der Waals surface area contributed by atoms with Crippen molar-refractivity contribution in [2.24, 2.45) is 0 Å². The van der Waals surface area contributed by atoms with Crippen molar-refractivity contribution < 1.29 is 8.42 Å². The van der Waals surface area contributed by atoms with Crippen LogP contribution in [0, 0.1) is 0 Å². The van der Waals surface area contributed by atoms with Gasteiger partial charge in [-0.25, -0.2) is 8.42 Å². The fourth-order valence-electron chi connectivity index (χ4n) is 2.33. The van der Waals surface area contributed by atoms with Crippen molar-refractivity contribution in [1.82, 2.24) is 5.32 Å². The van der Waals surface area contributed by atoms with Gasteiger partial charge in [-0.3, -0.25) is 0 Å². The van der Waals surface area contributed by atoms with Crippen molar-refractivity contribution in [2.45, 2.75) is 30.6 Å². The Hall–Kier alpha value is -0.870. The lowest BCUT2D eigenvalue weighted by Crippen LogP contribution is -2.28. The predicted molar refractivity (Wildman–Crippen MR) is 69.0 cm³/mol. The third kappa shape index (κ3) is 2.69. The van der Waals surface area contributed by atoms with Crippen LogP contribution in [0.2, 0.25) is 0 Å². The van der Waals surface area contributed by atoms with Crippen molar-refractivity contribution >= 4 is 9.84 Å². The van der Waals surface area contributed by atoms with Gasteiger partial charge in [0.25, 0.3) is 0 Å². The predicted octanol–water partition coefficient (Wildman–Crippen LogP) is 1.95. The summed E-state index contributed by atoms with van der Waals surface area (Å²) >= 11 is 0. The van der Waals surface area contributed by atoms with Crippen LogP contribution in [-0.2, 0) is 9.84 Å². The van der Waals surface area contributed by atoms with Gasteiger partial charge in [0.2, 0.25) is 0 Å². The topological polar surface area (TPSA) is 46.2 Å². The van der Waals surface area contributed by atoms with E-state index in [1.807, 2.05) is 12.1 Å². The summed E-state index contributed by atoms with van der Waals surface area (Å²) in [5, 5.41) is 3.38. The molecule has 3 nitrogen and oxygen atoms in total.